The van der Waals surface area contributed by atoms with Crippen LogP contribution in [0.15, 0.2) is 48.5 Å². The minimum Gasteiger partial charge on any atom is -0.310 e. The van der Waals surface area contributed by atoms with Gasteiger partial charge >= 0.3 is 0 Å². The Morgan fingerprint density at radius 1 is 1.10 bits per heavy atom. The zero-order chi connectivity index (χ0) is 13.9. The molecule has 2 aromatic rings. The second kappa shape index (κ2) is 5.76. The maximum Gasteiger partial charge on any atom is 0.123 e. The van der Waals surface area contributed by atoms with E-state index in [1.807, 2.05) is 12.1 Å². The van der Waals surface area contributed by atoms with Gasteiger partial charge in [-0.15, -0.1) is 0 Å². The van der Waals surface area contributed by atoms with Crippen molar-refractivity contribution in [3.05, 3.63) is 71.0 Å². The van der Waals surface area contributed by atoms with E-state index in [-0.39, 0.29) is 5.82 Å². The number of halogens is 1. The van der Waals surface area contributed by atoms with E-state index in [0.717, 1.165) is 12.1 Å². The highest BCUT2D eigenvalue weighted by atomic mass is 19.1. The van der Waals surface area contributed by atoms with Crippen LogP contribution in [0.3, 0.4) is 0 Å². The number of rotatable bonds is 4. The lowest BCUT2D eigenvalue weighted by Crippen LogP contribution is -2.39. The Bertz CT molecular complexity index is 570. The molecule has 0 bridgehead atoms. The predicted molar refractivity (Wildman–Crippen MR) is 80.2 cm³/mol. The van der Waals surface area contributed by atoms with Crippen LogP contribution in [0.1, 0.15) is 35.4 Å². The summed E-state index contributed by atoms with van der Waals surface area (Å²) < 4.78 is 12.8. The van der Waals surface area contributed by atoms with E-state index in [1.54, 1.807) is 0 Å². The van der Waals surface area contributed by atoms with Crippen LogP contribution >= 0.6 is 0 Å². The van der Waals surface area contributed by atoms with Gasteiger partial charge in [0.2, 0.25) is 0 Å². The maximum atomic E-state index is 12.8. The van der Waals surface area contributed by atoms with Gasteiger partial charge in [-0.25, -0.2) is 4.39 Å². The maximum absolute atomic E-state index is 12.8. The summed E-state index contributed by atoms with van der Waals surface area (Å²) >= 11 is 0. The summed E-state index contributed by atoms with van der Waals surface area (Å²) in [5, 5.41) is 3.55. The summed E-state index contributed by atoms with van der Waals surface area (Å²) in [4.78, 5) is 0. The van der Waals surface area contributed by atoms with E-state index in [0.29, 0.717) is 12.0 Å². The third kappa shape index (κ3) is 3.07. The van der Waals surface area contributed by atoms with Crippen LogP contribution in [0.4, 0.5) is 4.39 Å². The molecule has 1 saturated carbocycles. The van der Waals surface area contributed by atoms with E-state index >= 15 is 0 Å². The topological polar surface area (TPSA) is 12.0 Å². The molecule has 104 valence electrons. The molecule has 1 nitrogen and oxygen atoms in total. The second-order valence-electron chi connectivity index (χ2n) is 5.79. The van der Waals surface area contributed by atoms with Gasteiger partial charge in [-0.2, -0.15) is 0 Å². The molecule has 2 heteroatoms. The van der Waals surface area contributed by atoms with Crippen molar-refractivity contribution < 1.29 is 4.39 Å². The number of benzene rings is 2. The Balaban J connectivity index is 1.48. The van der Waals surface area contributed by atoms with E-state index < -0.39 is 0 Å². The van der Waals surface area contributed by atoms with Crippen molar-refractivity contribution in [2.24, 2.45) is 0 Å². The Morgan fingerprint density at radius 2 is 1.85 bits per heavy atom. The first kappa shape index (κ1) is 13.3. The molecule has 1 fully saturated rings. The minimum atomic E-state index is -0.170. The van der Waals surface area contributed by atoms with Gasteiger partial charge in [-0.05, 0) is 48.9 Å². The molecule has 1 aliphatic rings. The zero-order valence-electron chi connectivity index (χ0n) is 11.8. The molecule has 0 heterocycles. The Kier molecular flexibility index (Phi) is 3.83. The van der Waals surface area contributed by atoms with Gasteiger partial charge < -0.3 is 5.32 Å². The van der Waals surface area contributed by atoms with E-state index in [9.17, 15) is 4.39 Å². The van der Waals surface area contributed by atoms with Crippen molar-refractivity contribution in [2.45, 2.75) is 38.3 Å². The summed E-state index contributed by atoms with van der Waals surface area (Å²) in [5.74, 6) is 0.525. The predicted octanol–water partition coefficient (Wildman–Crippen LogP) is 4.17. The van der Waals surface area contributed by atoms with E-state index in [2.05, 4.69) is 36.5 Å². The average molecular weight is 269 g/mol. The smallest absolute Gasteiger partial charge is 0.123 e. The molecule has 2 aromatic carbocycles. The van der Waals surface area contributed by atoms with Gasteiger partial charge in [0.25, 0.3) is 0 Å². The fraction of sp³-hybridized carbons (Fsp3) is 0.333. The van der Waals surface area contributed by atoms with Crippen molar-refractivity contribution >= 4 is 0 Å². The van der Waals surface area contributed by atoms with Crippen LogP contribution in [0.2, 0.25) is 0 Å². The monoisotopic (exact) mass is 269 g/mol. The quantitative estimate of drug-likeness (QED) is 0.878. The summed E-state index contributed by atoms with van der Waals surface area (Å²) in [6.07, 6.45) is 2.40. The first-order chi connectivity index (χ1) is 9.70. The molecule has 0 aromatic heterocycles. The second-order valence-corrected chi connectivity index (χ2v) is 5.79. The van der Waals surface area contributed by atoms with Crippen molar-refractivity contribution in [3.63, 3.8) is 0 Å². The summed E-state index contributed by atoms with van der Waals surface area (Å²) in [7, 11) is 0. The van der Waals surface area contributed by atoms with Gasteiger partial charge in [-0.1, -0.05) is 42.0 Å². The number of hydrogen-bond acceptors (Lipinski definition) is 1. The van der Waals surface area contributed by atoms with Gasteiger partial charge in [0.05, 0.1) is 0 Å². The van der Waals surface area contributed by atoms with Crippen LogP contribution in [0.25, 0.3) is 0 Å². The van der Waals surface area contributed by atoms with Crippen LogP contribution < -0.4 is 5.32 Å². The molecular weight excluding hydrogens is 249 g/mol. The van der Waals surface area contributed by atoms with Gasteiger partial charge in [0, 0.05) is 12.6 Å². The first-order valence-corrected chi connectivity index (χ1v) is 7.25. The van der Waals surface area contributed by atoms with Crippen LogP contribution in [-0.4, -0.2) is 6.04 Å². The van der Waals surface area contributed by atoms with E-state index in [4.69, 9.17) is 0 Å². The lowest BCUT2D eigenvalue weighted by Gasteiger charge is -2.36. The zero-order valence-corrected chi connectivity index (χ0v) is 11.8. The molecule has 20 heavy (non-hydrogen) atoms. The molecule has 0 unspecified atom stereocenters. The highest BCUT2D eigenvalue weighted by Gasteiger charge is 2.29. The van der Waals surface area contributed by atoms with Crippen molar-refractivity contribution in [3.8, 4) is 0 Å². The van der Waals surface area contributed by atoms with Crippen molar-refractivity contribution in [2.75, 3.05) is 0 Å². The molecule has 0 radical (unpaired) electrons. The Labute approximate surface area is 119 Å². The lowest BCUT2D eigenvalue weighted by molar-refractivity contribution is 0.289. The molecule has 0 spiro atoms. The fourth-order valence-electron chi connectivity index (χ4n) is 2.85. The third-order valence-corrected chi connectivity index (χ3v) is 4.16. The van der Waals surface area contributed by atoms with Crippen LogP contribution in [0, 0.1) is 12.7 Å². The number of hydrogen-bond donors (Lipinski definition) is 1. The third-order valence-electron chi connectivity index (χ3n) is 4.16. The SMILES string of the molecule is Cc1cccc(C2CC(NCc3ccc(F)cc3)C2)c1. The highest BCUT2D eigenvalue weighted by Crippen LogP contribution is 2.37. The molecule has 1 N–H and O–H groups in total. The van der Waals surface area contributed by atoms with Crippen molar-refractivity contribution in [1.82, 2.24) is 5.32 Å². The van der Waals surface area contributed by atoms with Gasteiger partial charge in [0.15, 0.2) is 0 Å². The van der Waals surface area contributed by atoms with Crippen molar-refractivity contribution in [1.29, 1.82) is 0 Å². The summed E-state index contributed by atoms with van der Waals surface area (Å²) in [6, 6.07) is 16.1. The lowest BCUT2D eigenvalue weighted by atomic mass is 9.75. The van der Waals surface area contributed by atoms with E-state index in [1.165, 1.54) is 36.1 Å². The highest BCUT2D eigenvalue weighted by molar-refractivity contribution is 5.27. The molecule has 0 aliphatic heterocycles. The first-order valence-electron chi connectivity index (χ1n) is 7.25. The van der Waals surface area contributed by atoms with Gasteiger partial charge in [0.1, 0.15) is 5.82 Å². The number of aryl methyl sites for hydroxylation is 1. The molecule has 0 atom stereocenters. The Morgan fingerprint density at radius 3 is 2.55 bits per heavy atom. The Hall–Kier alpha value is -1.67. The molecule has 1 aliphatic carbocycles. The largest absolute Gasteiger partial charge is 0.310 e. The summed E-state index contributed by atoms with van der Waals surface area (Å²) in [5.41, 5.74) is 3.94. The number of nitrogens with one attached hydrogen (secondary N) is 1. The normalized spacial score (nSPS) is 21.5. The fourth-order valence-corrected chi connectivity index (χ4v) is 2.85. The molecule has 0 saturated heterocycles. The standard InChI is InChI=1S/C18H20FN/c1-13-3-2-4-15(9-13)16-10-18(11-16)20-12-14-5-7-17(19)8-6-14/h2-9,16,18,20H,10-12H2,1H3. The molecule has 3 rings (SSSR count). The van der Waals surface area contributed by atoms with Gasteiger partial charge in [-0.3, -0.25) is 0 Å². The average Bonchev–Trinajstić information content (AvgIpc) is 2.39. The summed E-state index contributed by atoms with van der Waals surface area (Å²) in [6.45, 7) is 2.97. The van der Waals surface area contributed by atoms with Crippen LogP contribution in [0.5, 0.6) is 0 Å². The molecule has 0 amide bonds. The molecular formula is C18H20FN. The van der Waals surface area contributed by atoms with Crippen LogP contribution in [-0.2, 0) is 6.54 Å². The minimum absolute atomic E-state index is 0.170.